The number of benzene rings is 1. The molecule has 0 spiro atoms. The van der Waals surface area contributed by atoms with Crippen molar-refractivity contribution in [3.05, 3.63) is 35.9 Å². The molecule has 0 aliphatic heterocycles. The SMILES string of the molecule is C=CCC1(CN(C)C)CCC(=Cc2cc(OC)c(OC)c(OC)c2)C1=O. The van der Waals surface area contributed by atoms with Gasteiger partial charge < -0.3 is 19.1 Å². The zero-order valence-corrected chi connectivity index (χ0v) is 16.4. The predicted molar refractivity (Wildman–Crippen MR) is 104 cm³/mol. The van der Waals surface area contributed by atoms with Crippen LogP contribution in [0.4, 0.5) is 0 Å². The third-order valence-corrected chi connectivity index (χ3v) is 4.83. The number of carbonyl (C=O) groups is 1. The normalized spacial score (nSPS) is 21.3. The average Bonchev–Trinajstić information content (AvgIpc) is 2.90. The van der Waals surface area contributed by atoms with E-state index in [1.54, 1.807) is 21.3 Å². The summed E-state index contributed by atoms with van der Waals surface area (Å²) in [7, 11) is 8.74. The molecule has 1 aromatic rings. The molecule has 0 heterocycles. The van der Waals surface area contributed by atoms with E-state index in [9.17, 15) is 4.79 Å². The fraction of sp³-hybridized carbons (Fsp3) is 0.476. The van der Waals surface area contributed by atoms with Gasteiger partial charge in [0.25, 0.3) is 0 Å². The number of carbonyl (C=O) groups excluding carboxylic acids is 1. The van der Waals surface area contributed by atoms with E-state index in [0.717, 1.165) is 30.5 Å². The molecular weight excluding hydrogens is 330 g/mol. The Balaban J connectivity index is 2.41. The van der Waals surface area contributed by atoms with Crippen LogP contribution < -0.4 is 14.2 Å². The van der Waals surface area contributed by atoms with Crippen molar-refractivity contribution in [1.82, 2.24) is 4.90 Å². The third kappa shape index (κ3) is 3.93. The van der Waals surface area contributed by atoms with E-state index in [1.165, 1.54) is 0 Å². The van der Waals surface area contributed by atoms with Gasteiger partial charge in [0, 0.05) is 12.0 Å². The first-order valence-corrected chi connectivity index (χ1v) is 8.71. The van der Waals surface area contributed by atoms with Crippen LogP contribution >= 0.6 is 0 Å². The molecule has 26 heavy (non-hydrogen) atoms. The van der Waals surface area contributed by atoms with Gasteiger partial charge in [-0.15, -0.1) is 6.58 Å². The lowest BCUT2D eigenvalue weighted by Crippen LogP contribution is -2.37. The van der Waals surface area contributed by atoms with Crippen LogP contribution in [0.1, 0.15) is 24.8 Å². The van der Waals surface area contributed by atoms with E-state index in [1.807, 2.05) is 38.4 Å². The molecule has 5 nitrogen and oxygen atoms in total. The van der Waals surface area contributed by atoms with Crippen molar-refractivity contribution in [2.24, 2.45) is 5.41 Å². The Hall–Kier alpha value is -2.27. The molecule has 1 aliphatic carbocycles. The predicted octanol–water partition coefficient (Wildman–Crippen LogP) is 3.58. The molecule has 0 radical (unpaired) electrons. The number of allylic oxidation sites excluding steroid dienone is 2. The summed E-state index contributed by atoms with van der Waals surface area (Å²) in [5.74, 6) is 1.91. The van der Waals surface area contributed by atoms with Crippen molar-refractivity contribution in [1.29, 1.82) is 0 Å². The molecule has 0 saturated heterocycles. The van der Waals surface area contributed by atoms with Gasteiger partial charge in [-0.2, -0.15) is 0 Å². The zero-order chi connectivity index (χ0) is 19.3. The molecule has 1 atom stereocenters. The van der Waals surface area contributed by atoms with Crippen molar-refractivity contribution < 1.29 is 19.0 Å². The number of Topliss-reactive ketones (excluding diaryl/α,β-unsaturated/α-hetero) is 1. The first-order valence-electron chi connectivity index (χ1n) is 8.71. The van der Waals surface area contributed by atoms with Crippen LogP contribution in [0.25, 0.3) is 6.08 Å². The molecule has 142 valence electrons. The highest BCUT2D eigenvalue weighted by Crippen LogP contribution is 2.44. The standard InChI is InChI=1S/C21H29NO4/c1-7-9-21(14-22(2)3)10-8-16(20(21)23)11-15-12-17(24-4)19(26-6)18(13-15)25-5/h7,11-13H,1,8-10,14H2,2-6H3. The van der Waals surface area contributed by atoms with E-state index < -0.39 is 0 Å². The van der Waals surface area contributed by atoms with Gasteiger partial charge in [-0.25, -0.2) is 0 Å². The van der Waals surface area contributed by atoms with Crippen molar-refractivity contribution in [3.63, 3.8) is 0 Å². The van der Waals surface area contributed by atoms with Crippen LogP contribution in [0, 0.1) is 5.41 Å². The Morgan fingerprint density at radius 3 is 2.23 bits per heavy atom. The molecule has 0 bridgehead atoms. The monoisotopic (exact) mass is 359 g/mol. The highest BCUT2D eigenvalue weighted by Gasteiger charge is 2.44. The highest BCUT2D eigenvalue weighted by molar-refractivity contribution is 6.06. The van der Waals surface area contributed by atoms with Gasteiger partial charge in [0.2, 0.25) is 5.75 Å². The fourth-order valence-electron chi connectivity index (χ4n) is 3.76. The van der Waals surface area contributed by atoms with Crippen molar-refractivity contribution >= 4 is 11.9 Å². The van der Waals surface area contributed by atoms with Crippen LogP contribution in [0.15, 0.2) is 30.4 Å². The van der Waals surface area contributed by atoms with E-state index in [4.69, 9.17) is 14.2 Å². The van der Waals surface area contributed by atoms with E-state index >= 15 is 0 Å². The van der Waals surface area contributed by atoms with Gasteiger partial charge >= 0.3 is 0 Å². The number of rotatable bonds is 8. The largest absolute Gasteiger partial charge is 0.493 e. The zero-order valence-electron chi connectivity index (χ0n) is 16.4. The Morgan fingerprint density at radius 2 is 1.77 bits per heavy atom. The molecule has 2 rings (SSSR count). The maximum atomic E-state index is 13.2. The average molecular weight is 359 g/mol. The Morgan fingerprint density at radius 1 is 1.15 bits per heavy atom. The number of hydrogen-bond donors (Lipinski definition) is 0. The quantitative estimate of drug-likeness (QED) is 0.524. The van der Waals surface area contributed by atoms with Crippen LogP contribution in [-0.4, -0.2) is 52.7 Å². The molecule has 1 unspecified atom stereocenters. The second-order valence-electron chi connectivity index (χ2n) is 6.97. The van der Waals surface area contributed by atoms with Crippen LogP contribution in [0.3, 0.4) is 0 Å². The molecule has 0 aromatic heterocycles. The van der Waals surface area contributed by atoms with E-state index in [-0.39, 0.29) is 11.2 Å². The number of nitrogens with zero attached hydrogens (tertiary/aromatic N) is 1. The minimum absolute atomic E-state index is 0.208. The lowest BCUT2D eigenvalue weighted by molar-refractivity contribution is -0.123. The number of ketones is 1. The van der Waals surface area contributed by atoms with Gasteiger partial charge in [-0.3, -0.25) is 4.79 Å². The lowest BCUT2D eigenvalue weighted by Gasteiger charge is -2.29. The van der Waals surface area contributed by atoms with Crippen LogP contribution in [0.5, 0.6) is 17.2 Å². The maximum absolute atomic E-state index is 13.2. The first kappa shape index (κ1) is 20.0. The molecule has 1 fully saturated rings. The topological polar surface area (TPSA) is 48.0 Å². The van der Waals surface area contributed by atoms with E-state index in [2.05, 4.69) is 11.5 Å². The molecule has 0 amide bonds. The summed E-state index contributed by atoms with van der Waals surface area (Å²) >= 11 is 0. The summed E-state index contributed by atoms with van der Waals surface area (Å²) < 4.78 is 16.2. The molecule has 1 saturated carbocycles. The van der Waals surface area contributed by atoms with Crippen molar-refractivity contribution in [2.45, 2.75) is 19.3 Å². The Labute approximate surface area is 156 Å². The summed E-state index contributed by atoms with van der Waals surface area (Å²) in [4.78, 5) is 15.2. The fourth-order valence-corrected chi connectivity index (χ4v) is 3.76. The van der Waals surface area contributed by atoms with Gasteiger partial charge in [0.15, 0.2) is 17.3 Å². The molecule has 5 heteroatoms. The summed E-state index contributed by atoms with van der Waals surface area (Å²) in [6.07, 6.45) is 6.08. The summed E-state index contributed by atoms with van der Waals surface area (Å²) in [6, 6.07) is 3.72. The van der Waals surface area contributed by atoms with Gasteiger partial charge in [0.1, 0.15) is 0 Å². The Kier molecular flexibility index (Phi) is 6.48. The summed E-state index contributed by atoms with van der Waals surface area (Å²) in [5, 5.41) is 0. The highest BCUT2D eigenvalue weighted by atomic mass is 16.5. The first-order chi connectivity index (χ1) is 12.4. The smallest absolute Gasteiger partial charge is 0.203 e. The van der Waals surface area contributed by atoms with Crippen molar-refractivity contribution in [2.75, 3.05) is 42.0 Å². The van der Waals surface area contributed by atoms with E-state index in [0.29, 0.717) is 23.7 Å². The second-order valence-corrected chi connectivity index (χ2v) is 6.97. The van der Waals surface area contributed by atoms with Gasteiger partial charge in [-0.1, -0.05) is 6.08 Å². The lowest BCUT2D eigenvalue weighted by atomic mass is 9.81. The van der Waals surface area contributed by atoms with Crippen molar-refractivity contribution in [3.8, 4) is 17.2 Å². The minimum atomic E-state index is -0.377. The second kappa shape index (κ2) is 8.41. The summed E-state index contributed by atoms with van der Waals surface area (Å²) in [6.45, 7) is 4.57. The Bertz CT molecular complexity index is 683. The number of methoxy groups -OCH3 is 3. The van der Waals surface area contributed by atoms with Gasteiger partial charge in [0.05, 0.1) is 21.3 Å². The minimum Gasteiger partial charge on any atom is -0.493 e. The maximum Gasteiger partial charge on any atom is 0.203 e. The molecule has 1 aliphatic rings. The molecule has 0 N–H and O–H groups in total. The summed E-state index contributed by atoms with van der Waals surface area (Å²) in [5.41, 5.74) is 1.32. The molecule has 1 aromatic carbocycles. The number of ether oxygens (including phenoxy) is 3. The number of hydrogen-bond acceptors (Lipinski definition) is 5. The molecular formula is C21H29NO4. The van der Waals surface area contributed by atoms with Crippen LogP contribution in [0.2, 0.25) is 0 Å². The van der Waals surface area contributed by atoms with Gasteiger partial charge in [-0.05, 0) is 62.7 Å². The third-order valence-electron chi connectivity index (χ3n) is 4.83. The van der Waals surface area contributed by atoms with Crippen LogP contribution in [-0.2, 0) is 4.79 Å².